The van der Waals surface area contributed by atoms with E-state index in [1.807, 2.05) is 30.3 Å². The number of aromatic nitrogens is 4. The maximum atomic E-state index is 13.2. The Morgan fingerprint density at radius 2 is 1.88 bits per heavy atom. The van der Waals surface area contributed by atoms with Crippen LogP contribution in [0.25, 0.3) is 5.69 Å². The van der Waals surface area contributed by atoms with Gasteiger partial charge in [-0.05, 0) is 29.8 Å². The number of ether oxygens (including phenoxy) is 1. The molecule has 4 aromatic rings. The Morgan fingerprint density at radius 1 is 1.12 bits per heavy atom. The number of methoxy groups -OCH3 is 1. The van der Waals surface area contributed by atoms with Gasteiger partial charge in [0.25, 0.3) is 5.91 Å². The predicted molar refractivity (Wildman–Crippen MR) is 127 cm³/mol. The summed E-state index contributed by atoms with van der Waals surface area (Å²) in [5, 5.41) is 17.9. The van der Waals surface area contributed by atoms with Gasteiger partial charge in [0.05, 0.1) is 24.7 Å². The maximum absolute atomic E-state index is 13.2. The number of thioether (sulfide) groups is 1. The minimum atomic E-state index is -0.536. The molecule has 4 rings (SSSR count). The largest absolute Gasteiger partial charge is 0.493 e. The van der Waals surface area contributed by atoms with E-state index in [2.05, 4.69) is 25.9 Å². The molecule has 0 aliphatic carbocycles. The van der Waals surface area contributed by atoms with Crippen molar-refractivity contribution < 1.29 is 18.7 Å². The Kier molecular flexibility index (Phi) is 7.50. The lowest BCUT2D eigenvalue weighted by Crippen LogP contribution is -2.24. The van der Waals surface area contributed by atoms with Crippen LogP contribution in [0.1, 0.15) is 16.1 Å². The minimum absolute atomic E-state index is 0.0384. The number of nitrogens with zero attached hydrogens (tertiary/aromatic N) is 4. The van der Waals surface area contributed by atoms with E-state index < -0.39 is 5.91 Å². The van der Waals surface area contributed by atoms with E-state index in [1.54, 1.807) is 0 Å². The summed E-state index contributed by atoms with van der Waals surface area (Å²) in [6, 6.07) is 15.3. The summed E-state index contributed by atoms with van der Waals surface area (Å²) in [6.45, 7) is 0.448. The van der Waals surface area contributed by atoms with Crippen molar-refractivity contribution in [3.8, 4) is 11.4 Å². The average Bonchev–Trinajstić information content (AvgIpc) is 3.49. The first-order chi connectivity index (χ1) is 16.5. The molecule has 0 radical (unpaired) electrons. The zero-order chi connectivity index (χ0) is 23.9. The van der Waals surface area contributed by atoms with Crippen molar-refractivity contribution in [1.29, 1.82) is 0 Å². The van der Waals surface area contributed by atoms with Crippen LogP contribution in [0.2, 0.25) is 0 Å². The smallest absolute Gasteiger partial charge is 0.281 e. The molecular weight excluding hydrogens is 479 g/mol. The molecule has 2 aromatic heterocycles. The summed E-state index contributed by atoms with van der Waals surface area (Å²) < 4.78 is 20.4. The molecule has 9 nitrogen and oxygen atoms in total. The molecule has 0 unspecified atom stereocenters. The molecule has 12 heteroatoms. The fraction of sp³-hybridized carbons (Fsp3) is 0.136. The lowest BCUT2D eigenvalue weighted by Gasteiger charge is -2.03. The van der Waals surface area contributed by atoms with E-state index in [4.69, 9.17) is 4.74 Å². The molecule has 2 N–H and O–H groups in total. The van der Waals surface area contributed by atoms with Crippen molar-refractivity contribution in [3.05, 3.63) is 77.9 Å². The molecular formula is C22H19FN6O3S2. The van der Waals surface area contributed by atoms with Gasteiger partial charge in [-0.3, -0.25) is 14.9 Å². The van der Waals surface area contributed by atoms with Gasteiger partial charge in [-0.2, -0.15) is 5.10 Å². The Labute approximate surface area is 202 Å². The Balaban J connectivity index is 1.33. The normalized spacial score (nSPS) is 10.6. The lowest BCUT2D eigenvalue weighted by atomic mass is 10.2. The number of anilines is 1. The standard InChI is InChI=1S/C22H19FN6O3S2/c1-32-17-12-29(16-9-7-15(23)8-10-16)28-19(17)20(31)25-21-26-27-22(34-21)33-13-18(30)24-11-14-5-3-2-4-6-14/h2-10,12H,11,13H2,1H3,(H,24,30)(H,25,26,31). The van der Waals surface area contributed by atoms with E-state index in [9.17, 15) is 14.0 Å². The second-order valence-electron chi connectivity index (χ2n) is 6.85. The fourth-order valence-corrected chi connectivity index (χ4v) is 4.42. The number of amides is 2. The highest BCUT2D eigenvalue weighted by Gasteiger charge is 2.20. The Morgan fingerprint density at radius 3 is 2.62 bits per heavy atom. The summed E-state index contributed by atoms with van der Waals surface area (Å²) in [6.07, 6.45) is 1.53. The highest BCUT2D eigenvalue weighted by atomic mass is 32.2. The van der Waals surface area contributed by atoms with Crippen LogP contribution in [-0.2, 0) is 11.3 Å². The molecule has 2 aromatic carbocycles. The zero-order valence-corrected chi connectivity index (χ0v) is 19.5. The Hall–Kier alpha value is -3.77. The third kappa shape index (κ3) is 5.97. The number of rotatable bonds is 9. The summed E-state index contributed by atoms with van der Waals surface area (Å²) in [4.78, 5) is 24.8. The van der Waals surface area contributed by atoms with Gasteiger partial charge in [0, 0.05) is 6.54 Å². The van der Waals surface area contributed by atoms with Gasteiger partial charge in [0.15, 0.2) is 15.8 Å². The van der Waals surface area contributed by atoms with Crippen LogP contribution >= 0.6 is 23.1 Å². The first-order valence-corrected chi connectivity index (χ1v) is 11.8. The van der Waals surface area contributed by atoms with Gasteiger partial charge < -0.3 is 10.1 Å². The topological polar surface area (TPSA) is 111 Å². The number of halogens is 1. The van der Waals surface area contributed by atoms with Crippen LogP contribution in [0, 0.1) is 5.82 Å². The van der Waals surface area contributed by atoms with E-state index >= 15 is 0 Å². The molecule has 0 fully saturated rings. The number of carbonyl (C=O) groups is 2. The number of hydrogen-bond donors (Lipinski definition) is 2. The first-order valence-electron chi connectivity index (χ1n) is 9.99. The van der Waals surface area contributed by atoms with Crippen LogP contribution in [-0.4, -0.2) is 44.7 Å². The monoisotopic (exact) mass is 498 g/mol. The summed E-state index contributed by atoms with van der Waals surface area (Å²) >= 11 is 2.37. The third-order valence-corrected chi connectivity index (χ3v) is 6.47. The zero-order valence-electron chi connectivity index (χ0n) is 17.9. The van der Waals surface area contributed by atoms with Gasteiger partial charge in [-0.15, -0.1) is 10.2 Å². The van der Waals surface area contributed by atoms with E-state index in [0.29, 0.717) is 16.6 Å². The summed E-state index contributed by atoms with van der Waals surface area (Å²) in [5.74, 6) is -0.627. The van der Waals surface area contributed by atoms with Crippen LogP contribution in [0.5, 0.6) is 5.75 Å². The van der Waals surface area contributed by atoms with Crippen molar-refractivity contribution in [2.24, 2.45) is 0 Å². The molecule has 0 saturated carbocycles. The number of nitrogens with one attached hydrogen (secondary N) is 2. The van der Waals surface area contributed by atoms with Gasteiger partial charge in [0.1, 0.15) is 5.82 Å². The van der Waals surface area contributed by atoms with Gasteiger partial charge in [-0.1, -0.05) is 53.4 Å². The predicted octanol–water partition coefficient (Wildman–Crippen LogP) is 3.53. The molecule has 174 valence electrons. The van der Waals surface area contributed by atoms with Crippen molar-refractivity contribution in [1.82, 2.24) is 25.3 Å². The molecule has 2 amide bonds. The molecule has 0 aliphatic heterocycles. The summed E-state index contributed by atoms with van der Waals surface area (Å²) in [5.41, 5.74) is 1.62. The van der Waals surface area contributed by atoms with Gasteiger partial charge in [0.2, 0.25) is 11.0 Å². The van der Waals surface area contributed by atoms with E-state index in [1.165, 1.54) is 54.0 Å². The van der Waals surface area contributed by atoms with Gasteiger partial charge >= 0.3 is 0 Å². The molecule has 34 heavy (non-hydrogen) atoms. The molecule has 0 saturated heterocycles. The molecule has 0 spiro atoms. The van der Waals surface area contributed by atoms with Crippen molar-refractivity contribution in [2.45, 2.75) is 10.9 Å². The second kappa shape index (κ2) is 10.9. The van der Waals surface area contributed by atoms with Crippen LogP contribution < -0.4 is 15.4 Å². The van der Waals surface area contributed by atoms with Gasteiger partial charge in [-0.25, -0.2) is 9.07 Å². The van der Waals surface area contributed by atoms with Crippen molar-refractivity contribution >= 4 is 40.0 Å². The van der Waals surface area contributed by atoms with Crippen molar-refractivity contribution in [3.63, 3.8) is 0 Å². The molecule has 0 bridgehead atoms. The average molecular weight is 499 g/mol. The SMILES string of the molecule is COc1cn(-c2ccc(F)cc2)nc1C(=O)Nc1nnc(SCC(=O)NCc2ccccc2)s1. The molecule has 2 heterocycles. The van der Waals surface area contributed by atoms with Crippen LogP contribution in [0.4, 0.5) is 9.52 Å². The quantitative estimate of drug-likeness (QED) is 0.268. The number of carbonyl (C=O) groups excluding carboxylic acids is 2. The number of benzene rings is 2. The highest BCUT2D eigenvalue weighted by molar-refractivity contribution is 8.01. The van der Waals surface area contributed by atoms with E-state index in [0.717, 1.165) is 16.9 Å². The molecule has 0 atom stereocenters. The van der Waals surface area contributed by atoms with Crippen molar-refractivity contribution in [2.75, 3.05) is 18.2 Å². The highest BCUT2D eigenvalue weighted by Crippen LogP contribution is 2.27. The lowest BCUT2D eigenvalue weighted by molar-refractivity contribution is -0.118. The van der Waals surface area contributed by atoms with Crippen LogP contribution in [0.3, 0.4) is 0 Å². The number of hydrogen-bond acceptors (Lipinski definition) is 8. The summed E-state index contributed by atoms with van der Waals surface area (Å²) in [7, 11) is 1.42. The van der Waals surface area contributed by atoms with Crippen LogP contribution in [0.15, 0.2) is 65.1 Å². The maximum Gasteiger partial charge on any atom is 0.281 e. The third-order valence-electron chi connectivity index (χ3n) is 4.49. The first kappa shape index (κ1) is 23.4. The van der Waals surface area contributed by atoms with E-state index in [-0.39, 0.29) is 34.1 Å². The Bertz CT molecular complexity index is 1280. The molecule has 0 aliphatic rings. The minimum Gasteiger partial charge on any atom is -0.493 e. The fourth-order valence-electron chi connectivity index (χ4n) is 2.84. The second-order valence-corrected chi connectivity index (χ2v) is 9.05.